The number of carbonyl (C=O) groups is 3. The van der Waals surface area contributed by atoms with Gasteiger partial charge in [-0.2, -0.15) is 0 Å². The van der Waals surface area contributed by atoms with Crippen molar-refractivity contribution in [2.45, 2.75) is 81.2 Å². The summed E-state index contributed by atoms with van der Waals surface area (Å²) in [6.07, 6.45) is 10.8. The van der Waals surface area contributed by atoms with E-state index in [1.54, 1.807) is 16.7 Å². The zero-order valence-electron chi connectivity index (χ0n) is 16.0. The van der Waals surface area contributed by atoms with E-state index in [2.05, 4.69) is 10.6 Å². The summed E-state index contributed by atoms with van der Waals surface area (Å²) >= 11 is 1.75. The molecular formula is C19H32N4O3S. The van der Waals surface area contributed by atoms with Crippen molar-refractivity contribution in [1.82, 2.24) is 15.5 Å². The molecule has 8 heteroatoms. The van der Waals surface area contributed by atoms with E-state index in [1.807, 2.05) is 0 Å². The third-order valence-electron chi connectivity index (χ3n) is 6.04. The molecule has 3 amide bonds. The molecule has 1 heterocycles. The summed E-state index contributed by atoms with van der Waals surface area (Å²) in [4.78, 5) is 39.0. The summed E-state index contributed by atoms with van der Waals surface area (Å²) in [7, 11) is 0. The molecule has 0 aromatic heterocycles. The number of thioether (sulfide) groups is 1. The predicted octanol–water partition coefficient (Wildman–Crippen LogP) is 1.11. The van der Waals surface area contributed by atoms with Gasteiger partial charge >= 0.3 is 0 Å². The second kappa shape index (κ2) is 9.28. The average molecular weight is 397 g/mol. The van der Waals surface area contributed by atoms with Crippen LogP contribution in [0, 0.1) is 0 Å². The Morgan fingerprint density at radius 1 is 1.04 bits per heavy atom. The SMILES string of the molecule is NCC(=O)NCC(=O)N1[C@@H](C(=O)NC2CCCCC2)CSC12CCCCC2. The highest BCUT2D eigenvalue weighted by atomic mass is 32.2. The van der Waals surface area contributed by atoms with E-state index in [-0.39, 0.29) is 41.7 Å². The summed E-state index contributed by atoms with van der Waals surface area (Å²) < 4.78 is 0. The van der Waals surface area contributed by atoms with Crippen molar-refractivity contribution in [3.05, 3.63) is 0 Å². The third-order valence-corrected chi connectivity index (χ3v) is 7.67. The van der Waals surface area contributed by atoms with Gasteiger partial charge in [0, 0.05) is 11.8 Å². The molecule has 4 N–H and O–H groups in total. The van der Waals surface area contributed by atoms with E-state index in [9.17, 15) is 14.4 Å². The van der Waals surface area contributed by atoms with Crippen LogP contribution < -0.4 is 16.4 Å². The Morgan fingerprint density at radius 2 is 1.70 bits per heavy atom. The van der Waals surface area contributed by atoms with Gasteiger partial charge < -0.3 is 21.3 Å². The second-order valence-corrected chi connectivity index (χ2v) is 9.30. The number of nitrogens with two attached hydrogens (primary N) is 1. The first kappa shape index (κ1) is 20.5. The fourth-order valence-corrected chi connectivity index (χ4v) is 6.34. The molecule has 2 aliphatic carbocycles. The van der Waals surface area contributed by atoms with Gasteiger partial charge in [0.2, 0.25) is 17.7 Å². The highest BCUT2D eigenvalue weighted by Crippen LogP contribution is 2.49. The van der Waals surface area contributed by atoms with Crippen LogP contribution in [0.15, 0.2) is 0 Å². The lowest BCUT2D eigenvalue weighted by Crippen LogP contribution is -2.58. The van der Waals surface area contributed by atoms with Crippen LogP contribution in [0.4, 0.5) is 0 Å². The van der Waals surface area contributed by atoms with Crippen LogP contribution in [0.25, 0.3) is 0 Å². The Morgan fingerprint density at radius 3 is 2.37 bits per heavy atom. The van der Waals surface area contributed by atoms with Crippen LogP contribution in [0.2, 0.25) is 0 Å². The first-order chi connectivity index (χ1) is 13.1. The van der Waals surface area contributed by atoms with Crippen LogP contribution in [0.5, 0.6) is 0 Å². The number of rotatable bonds is 5. The monoisotopic (exact) mass is 396 g/mol. The van der Waals surface area contributed by atoms with Crippen molar-refractivity contribution in [2.24, 2.45) is 5.73 Å². The average Bonchev–Trinajstić information content (AvgIpc) is 3.05. The molecule has 0 radical (unpaired) electrons. The van der Waals surface area contributed by atoms with Crippen molar-refractivity contribution < 1.29 is 14.4 Å². The Kier molecular flexibility index (Phi) is 7.03. The highest BCUT2D eigenvalue weighted by molar-refractivity contribution is 8.01. The molecule has 0 unspecified atom stereocenters. The maximum atomic E-state index is 13.0. The lowest BCUT2D eigenvalue weighted by atomic mass is 9.92. The molecule has 27 heavy (non-hydrogen) atoms. The second-order valence-electron chi connectivity index (χ2n) is 7.92. The molecule has 1 spiro atoms. The largest absolute Gasteiger partial charge is 0.352 e. The minimum Gasteiger partial charge on any atom is -0.352 e. The lowest BCUT2D eigenvalue weighted by molar-refractivity contribution is -0.143. The van der Waals surface area contributed by atoms with Crippen LogP contribution in [0.1, 0.15) is 64.2 Å². The molecule has 1 aliphatic heterocycles. The van der Waals surface area contributed by atoms with E-state index in [0.717, 1.165) is 51.4 Å². The molecule has 2 saturated carbocycles. The topological polar surface area (TPSA) is 105 Å². The van der Waals surface area contributed by atoms with Crippen molar-refractivity contribution in [3.8, 4) is 0 Å². The molecule has 3 fully saturated rings. The van der Waals surface area contributed by atoms with Crippen molar-refractivity contribution >= 4 is 29.5 Å². The molecule has 1 atom stereocenters. The van der Waals surface area contributed by atoms with Gasteiger partial charge in [-0.15, -0.1) is 11.8 Å². The molecule has 7 nitrogen and oxygen atoms in total. The van der Waals surface area contributed by atoms with E-state index in [0.29, 0.717) is 5.75 Å². The molecule has 0 aromatic carbocycles. The smallest absolute Gasteiger partial charge is 0.243 e. The van der Waals surface area contributed by atoms with Gasteiger partial charge in [-0.3, -0.25) is 14.4 Å². The van der Waals surface area contributed by atoms with Crippen molar-refractivity contribution in [3.63, 3.8) is 0 Å². The summed E-state index contributed by atoms with van der Waals surface area (Å²) in [5.41, 5.74) is 5.32. The van der Waals surface area contributed by atoms with Gasteiger partial charge in [-0.1, -0.05) is 38.5 Å². The molecule has 3 rings (SSSR count). The first-order valence-electron chi connectivity index (χ1n) is 10.3. The maximum Gasteiger partial charge on any atom is 0.243 e. The number of nitrogens with one attached hydrogen (secondary N) is 2. The zero-order chi connectivity index (χ0) is 19.3. The molecule has 3 aliphatic rings. The Hall–Kier alpha value is -1.28. The van der Waals surface area contributed by atoms with Crippen molar-refractivity contribution in [2.75, 3.05) is 18.8 Å². The number of hydrogen-bond acceptors (Lipinski definition) is 5. The zero-order valence-corrected chi connectivity index (χ0v) is 16.8. The normalized spacial score (nSPS) is 25.4. The first-order valence-corrected chi connectivity index (χ1v) is 11.3. The van der Waals surface area contributed by atoms with Crippen LogP contribution in [-0.2, 0) is 14.4 Å². The minimum absolute atomic E-state index is 0.0321. The number of amides is 3. The summed E-state index contributed by atoms with van der Waals surface area (Å²) in [5, 5.41) is 5.77. The molecule has 152 valence electrons. The highest BCUT2D eigenvalue weighted by Gasteiger charge is 2.52. The Balaban J connectivity index is 1.71. The quantitative estimate of drug-likeness (QED) is 0.646. The number of carbonyl (C=O) groups excluding carboxylic acids is 3. The van der Waals surface area contributed by atoms with Crippen LogP contribution >= 0.6 is 11.8 Å². The van der Waals surface area contributed by atoms with E-state index in [1.165, 1.54) is 12.8 Å². The van der Waals surface area contributed by atoms with Gasteiger partial charge in [0.15, 0.2) is 0 Å². The number of hydrogen-bond donors (Lipinski definition) is 3. The van der Waals surface area contributed by atoms with Gasteiger partial charge in [0.1, 0.15) is 6.04 Å². The summed E-state index contributed by atoms with van der Waals surface area (Å²) in [6.45, 7) is -0.232. The summed E-state index contributed by atoms with van der Waals surface area (Å²) in [6, 6.07) is -0.217. The minimum atomic E-state index is -0.447. The van der Waals surface area contributed by atoms with Gasteiger partial charge in [-0.05, 0) is 25.7 Å². The van der Waals surface area contributed by atoms with Gasteiger partial charge in [-0.25, -0.2) is 0 Å². The van der Waals surface area contributed by atoms with E-state index in [4.69, 9.17) is 5.73 Å². The molecule has 1 saturated heterocycles. The fraction of sp³-hybridized carbons (Fsp3) is 0.842. The lowest BCUT2D eigenvalue weighted by Gasteiger charge is -2.42. The van der Waals surface area contributed by atoms with Crippen LogP contribution in [-0.4, -0.2) is 58.4 Å². The van der Waals surface area contributed by atoms with E-state index >= 15 is 0 Å². The molecule has 0 aromatic rings. The molecule has 0 bridgehead atoms. The third kappa shape index (κ3) is 4.77. The Labute approximate surface area is 165 Å². The van der Waals surface area contributed by atoms with E-state index < -0.39 is 6.04 Å². The Bertz CT molecular complexity index is 559. The molecular weight excluding hydrogens is 364 g/mol. The van der Waals surface area contributed by atoms with Gasteiger partial charge in [0.25, 0.3) is 0 Å². The maximum absolute atomic E-state index is 13.0. The van der Waals surface area contributed by atoms with Crippen molar-refractivity contribution in [1.29, 1.82) is 0 Å². The van der Waals surface area contributed by atoms with Crippen LogP contribution in [0.3, 0.4) is 0 Å². The summed E-state index contributed by atoms with van der Waals surface area (Å²) in [5.74, 6) is 0.0775. The standard InChI is InChI=1S/C19H32N4O3S/c20-11-16(24)21-12-17(25)23-15(13-27-19(23)9-5-2-6-10-19)18(26)22-14-7-3-1-4-8-14/h14-15H,1-13,20H2,(H,21,24)(H,22,26)/t15-/m1/s1. The number of nitrogens with zero attached hydrogens (tertiary/aromatic N) is 1. The van der Waals surface area contributed by atoms with Gasteiger partial charge in [0.05, 0.1) is 18.0 Å². The predicted molar refractivity (Wildman–Crippen MR) is 106 cm³/mol. The fourth-order valence-electron chi connectivity index (χ4n) is 4.62.